The molecule has 8 nitrogen and oxygen atoms in total. The van der Waals surface area contributed by atoms with Gasteiger partial charge in [0.1, 0.15) is 17.9 Å². The molecule has 0 fully saturated rings. The van der Waals surface area contributed by atoms with E-state index in [0.717, 1.165) is 5.56 Å². The zero-order valence-electron chi connectivity index (χ0n) is 15.2. The van der Waals surface area contributed by atoms with E-state index in [-0.39, 0.29) is 23.4 Å². The average molecular weight is 391 g/mol. The molecule has 0 heterocycles. The van der Waals surface area contributed by atoms with Crippen LogP contribution >= 0.6 is 0 Å². The van der Waals surface area contributed by atoms with Crippen LogP contribution in [0.4, 0.5) is 5.69 Å². The largest absolute Gasteiger partial charge is 0.488 e. The number of para-hydroxylation sites is 2. The molecule has 0 spiro atoms. The van der Waals surface area contributed by atoms with Gasteiger partial charge in [-0.3, -0.25) is 30.6 Å². The molecular formula is C21H17N3O5. The van der Waals surface area contributed by atoms with Gasteiger partial charge in [-0.1, -0.05) is 54.6 Å². The van der Waals surface area contributed by atoms with Crippen molar-refractivity contribution in [3.8, 4) is 5.75 Å². The Kier molecular flexibility index (Phi) is 6.16. The fraction of sp³-hybridized carbons (Fsp3) is 0.0476. The molecule has 3 aromatic rings. The highest BCUT2D eigenvalue weighted by atomic mass is 16.6. The van der Waals surface area contributed by atoms with Crippen LogP contribution in [0.1, 0.15) is 26.3 Å². The normalized spacial score (nSPS) is 10.1. The van der Waals surface area contributed by atoms with Crippen molar-refractivity contribution < 1.29 is 19.2 Å². The number of hydrogen-bond acceptors (Lipinski definition) is 5. The molecule has 3 rings (SSSR count). The van der Waals surface area contributed by atoms with Crippen molar-refractivity contribution in [1.29, 1.82) is 0 Å². The van der Waals surface area contributed by atoms with Crippen molar-refractivity contribution >= 4 is 17.5 Å². The van der Waals surface area contributed by atoms with Crippen LogP contribution in [-0.4, -0.2) is 16.7 Å². The molecule has 0 radical (unpaired) electrons. The van der Waals surface area contributed by atoms with E-state index in [1.807, 2.05) is 30.3 Å². The first kappa shape index (κ1) is 19.6. The Balaban J connectivity index is 1.67. The summed E-state index contributed by atoms with van der Waals surface area (Å²) in [5.41, 5.74) is 5.09. The van der Waals surface area contributed by atoms with Gasteiger partial charge in [0.2, 0.25) is 0 Å². The second-order valence-corrected chi connectivity index (χ2v) is 5.95. The maximum Gasteiger partial charge on any atom is 0.282 e. The number of benzene rings is 3. The van der Waals surface area contributed by atoms with Gasteiger partial charge in [0.15, 0.2) is 0 Å². The maximum absolute atomic E-state index is 12.5. The number of carbonyl (C=O) groups is 2. The number of amides is 2. The predicted octanol–water partition coefficient (Wildman–Crippen LogP) is 3.25. The molecule has 0 atom stereocenters. The van der Waals surface area contributed by atoms with E-state index < -0.39 is 16.7 Å². The standard InChI is InChI=1S/C21H17N3O5/c25-20(16-10-4-6-12-18(16)24(27)28)22-23-21(26)17-11-5-7-13-19(17)29-14-15-8-2-1-3-9-15/h1-13H,14H2,(H,22,25)(H,23,26). The molecule has 29 heavy (non-hydrogen) atoms. The number of nitrogens with one attached hydrogen (secondary N) is 2. The summed E-state index contributed by atoms with van der Waals surface area (Å²) in [5.74, 6) is -1.07. The van der Waals surface area contributed by atoms with Crippen LogP contribution in [0, 0.1) is 10.1 Å². The number of hydrazine groups is 1. The van der Waals surface area contributed by atoms with Crippen molar-refractivity contribution in [3.63, 3.8) is 0 Å². The number of nitrogens with zero attached hydrogens (tertiary/aromatic N) is 1. The minimum Gasteiger partial charge on any atom is -0.488 e. The van der Waals surface area contributed by atoms with Crippen molar-refractivity contribution in [3.05, 3.63) is 106 Å². The lowest BCUT2D eigenvalue weighted by Gasteiger charge is -2.12. The van der Waals surface area contributed by atoms with Crippen LogP contribution in [0.5, 0.6) is 5.75 Å². The maximum atomic E-state index is 12.5. The van der Waals surface area contributed by atoms with Crippen molar-refractivity contribution in [2.24, 2.45) is 0 Å². The summed E-state index contributed by atoms with van der Waals surface area (Å²) in [5, 5.41) is 11.0. The monoisotopic (exact) mass is 391 g/mol. The second kappa shape index (κ2) is 9.14. The van der Waals surface area contributed by atoms with Crippen LogP contribution in [0.2, 0.25) is 0 Å². The molecule has 0 saturated heterocycles. The summed E-state index contributed by atoms with van der Waals surface area (Å²) in [6.45, 7) is 0.272. The molecule has 0 bridgehead atoms. The lowest BCUT2D eigenvalue weighted by molar-refractivity contribution is -0.385. The Labute approximate surface area is 166 Å². The number of carbonyl (C=O) groups excluding carboxylic acids is 2. The number of ether oxygens (including phenoxy) is 1. The van der Waals surface area contributed by atoms with Crippen LogP contribution in [0.3, 0.4) is 0 Å². The van der Waals surface area contributed by atoms with Gasteiger partial charge in [-0.05, 0) is 23.8 Å². The van der Waals surface area contributed by atoms with Gasteiger partial charge in [-0.15, -0.1) is 0 Å². The molecular weight excluding hydrogens is 374 g/mol. The molecule has 3 aromatic carbocycles. The third-order valence-electron chi connectivity index (χ3n) is 4.00. The van der Waals surface area contributed by atoms with Crippen molar-refractivity contribution in [2.75, 3.05) is 0 Å². The van der Waals surface area contributed by atoms with E-state index in [0.29, 0.717) is 5.75 Å². The summed E-state index contributed by atoms with van der Waals surface area (Å²) in [6.07, 6.45) is 0. The van der Waals surface area contributed by atoms with Crippen molar-refractivity contribution in [2.45, 2.75) is 6.61 Å². The molecule has 0 aliphatic heterocycles. The molecule has 0 aromatic heterocycles. The first-order chi connectivity index (χ1) is 14.1. The highest BCUT2D eigenvalue weighted by Gasteiger charge is 2.20. The Morgan fingerprint density at radius 3 is 2.03 bits per heavy atom. The summed E-state index contributed by atoms with van der Waals surface area (Å²) >= 11 is 0. The molecule has 0 unspecified atom stereocenters. The van der Waals surface area contributed by atoms with Gasteiger partial charge in [0, 0.05) is 6.07 Å². The molecule has 0 saturated carbocycles. The summed E-state index contributed by atoms with van der Waals surface area (Å²) in [6, 6.07) is 21.5. The van der Waals surface area contributed by atoms with Crippen LogP contribution in [-0.2, 0) is 6.61 Å². The number of rotatable bonds is 6. The number of nitro groups is 1. The zero-order valence-corrected chi connectivity index (χ0v) is 15.2. The van der Waals surface area contributed by atoms with E-state index in [1.165, 1.54) is 24.3 Å². The number of nitro benzene ring substituents is 1. The quantitative estimate of drug-likeness (QED) is 0.495. The Bertz CT molecular complexity index is 1040. The smallest absolute Gasteiger partial charge is 0.282 e. The van der Waals surface area contributed by atoms with E-state index in [4.69, 9.17) is 4.74 Å². The minimum absolute atomic E-state index is 0.161. The molecule has 2 amide bonds. The lowest BCUT2D eigenvalue weighted by Crippen LogP contribution is -2.42. The SMILES string of the molecule is O=C(NNC(=O)c1ccccc1[N+](=O)[O-])c1ccccc1OCc1ccccc1. The van der Waals surface area contributed by atoms with Crippen LogP contribution < -0.4 is 15.6 Å². The van der Waals surface area contributed by atoms with Crippen LogP contribution in [0.15, 0.2) is 78.9 Å². The van der Waals surface area contributed by atoms with Gasteiger partial charge in [-0.2, -0.15) is 0 Å². The van der Waals surface area contributed by atoms with Gasteiger partial charge in [0.05, 0.1) is 10.5 Å². The van der Waals surface area contributed by atoms with E-state index >= 15 is 0 Å². The van der Waals surface area contributed by atoms with E-state index in [9.17, 15) is 19.7 Å². The van der Waals surface area contributed by atoms with Crippen molar-refractivity contribution in [1.82, 2.24) is 10.9 Å². The molecule has 0 aliphatic rings. The summed E-state index contributed by atoms with van der Waals surface area (Å²) < 4.78 is 5.72. The average Bonchev–Trinajstić information content (AvgIpc) is 2.76. The molecule has 8 heteroatoms. The Morgan fingerprint density at radius 1 is 0.793 bits per heavy atom. The second-order valence-electron chi connectivity index (χ2n) is 5.95. The lowest BCUT2D eigenvalue weighted by atomic mass is 10.1. The minimum atomic E-state index is -0.798. The predicted molar refractivity (Wildman–Crippen MR) is 105 cm³/mol. The zero-order chi connectivity index (χ0) is 20.6. The molecule has 2 N–H and O–H groups in total. The van der Waals surface area contributed by atoms with Crippen LogP contribution in [0.25, 0.3) is 0 Å². The summed E-state index contributed by atoms with van der Waals surface area (Å²) in [4.78, 5) is 35.1. The summed E-state index contributed by atoms with van der Waals surface area (Å²) in [7, 11) is 0. The van der Waals surface area contributed by atoms with E-state index in [1.54, 1.807) is 24.3 Å². The van der Waals surface area contributed by atoms with Gasteiger partial charge < -0.3 is 4.74 Å². The number of hydrogen-bond donors (Lipinski definition) is 2. The molecule has 146 valence electrons. The first-order valence-corrected chi connectivity index (χ1v) is 8.66. The van der Waals surface area contributed by atoms with Gasteiger partial charge >= 0.3 is 0 Å². The first-order valence-electron chi connectivity index (χ1n) is 8.66. The fourth-order valence-electron chi connectivity index (χ4n) is 2.59. The third kappa shape index (κ3) is 4.95. The fourth-order valence-corrected chi connectivity index (χ4v) is 2.59. The Hall–Kier alpha value is -4.20. The van der Waals surface area contributed by atoms with Gasteiger partial charge in [0.25, 0.3) is 17.5 Å². The Morgan fingerprint density at radius 2 is 1.34 bits per heavy atom. The third-order valence-corrected chi connectivity index (χ3v) is 4.00. The highest BCUT2D eigenvalue weighted by Crippen LogP contribution is 2.20. The highest BCUT2D eigenvalue weighted by molar-refractivity contribution is 6.02. The topological polar surface area (TPSA) is 111 Å². The molecule has 0 aliphatic carbocycles. The van der Waals surface area contributed by atoms with E-state index in [2.05, 4.69) is 10.9 Å². The van der Waals surface area contributed by atoms with Gasteiger partial charge in [-0.25, -0.2) is 0 Å².